The van der Waals surface area contributed by atoms with Crippen LogP contribution in [0.1, 0.15) is 5.56 Å². The molecule has 0 fully saturated rings. The van der Waals surface area contributed by atoms with Crippen LogP contribution in [-0.4, -0.2) is 36.5 Å². The number of amidine groups is 1. The maximum absolute atomic E-state index is 5.24. The van der Waals surface area contributed by atoms with Crippen LogP contribution < -0.4 is 20.3 Å². The number of methoxy groups -OCH3 is 2. The SMILES string of the molecule is COc1cc(OC)cc(C2=NNC3N=NC(=S)N3N2)c1. The molecule has 1 atom stereocenters. The van der Waals surface area contributed by atoms with Crippen molar-refractivity contribution in [3.8, 4) is 11.5 Å². The maximum atomic E-state index is 5.24. The number of hydrazine groups is 1. The molecule has 0 amide bonds. The van der Waals surface area contributed by atoms with E-state index in [9.17, 15) is 0 Å². The Labute approximate surface area is 120 Å². The first-order chi connectivity index (χ1) is 9.71. The van der Waals surface area contributed by atoms with Crippen LogP contribution in [-0.2, 0) is 0 Å². The summed E-state index contributed by atoms with van der Waals surface area (Å²) < 4.78 is 10.5. The molecule has 2 heterocycles. The van der Waals surface area contributed by atoms with Gasteiger partial charge in [-0.25, -0.2) is 5.01 Å². The number of benzene rings is 1. The first-order valence-corrected chi connectivity index (χ1v) is 6.19. The summed E-state index contributed by atoms with van der Waals surface area (Å²) in [5, 5.41) is 13.9. The number of azo groups is 1. The van der Waals surface area contributed by atoms with Crippen LogP contribution in [0.3, 0.4) is 0 Å². The monoisotopic (exact) mass is 292 g/mol. The number of hydrogen-bond acceptors (Lipinski definition) is 7. The molecule has 0 saturated heterocycles. The zero-order chi connectivity index (χ0) is 14.1. The Morgan fingerprint density at radius 1 is 1.20 bits per heavy atom. The molecule has 0 spiro atoms. The molecule has 20 heavy (non-hydrogen) atoms. The highest BCUT2D eigenvalue weighted by atomic mass is 32.1. The third-order valence-electron chi connectivity index (χ3n) is 2.85. The fourth-order valence-corrected chi connectivity index (χ4v) is 2.03. The predicted molar refractivity (Wildman–Crippen MR) is 75.4 cm³/mol. The van der Waals surface area contributed by atoms with Crippen LogP contribution in [0.2, 0.25) is 0 Å². The van der Waals surface area contributed by atoms with Gasteiger partial charge < -0.3 is 9.47 Å². The quantitative estimate of drug-likeness (QED) is 0.802. The Morgan fingerprint density at radius 3 is 2.55 bits per heavy atom. The van der Waals surface area contributed by atoms with E-state index >= 15 is 0 Å². The second-order valence-electron chi connectivity index (χ2n) is 4.04. The van der Waals surface area contributed by atoms with Crippen LogP contribution in [0.25, 0.3) is 0 Å². The Morgan fingerprint density at radius 2 is 1.90 bits per heavy atom. The molecule has 0 aliphatic carbocycles. The van der Waals surface area contributed by atoms with Crippen molar-refractivity contribution < 1.29 is 9.47 Å². The smallest absolute Gasteiger partial charge is 0.250 e. The van der Waals surface area contributed by atoms with E-state index in [4.69, 9.17) is 21.7 Å². The van der Waals surface area contributed by atoms with Crippen molar-refractivity contribution >= 4 is 23.2 Å². The van der Waals surface area contributed by atoms with E-state index in [0.29, 0.717) is 22.4 Å². The Bertz CT molecular complexity index is 595. The Kier molecular flexibility index (Phi) is 3.11. The van der Waals surface area contributed by atoms with Crippen molar-refractivity contribution in [1.82, 2.24) is 15.9 Å². The van der Waals surface area contributed by atoms with Gasteiger partial charge in [0.25, 0.3) is 6.29 Å². The van der Waals surface area contributed by atoms with Crippen LogP contribution in [0.4, 0.5) is 0 Å². The summed E-state index contributed by atoms with van der Waals surface area (Å²) >= 11 is 5.08. The average Bonchev–Trinajstić information content (AvgIpc) is 2.87. The van der Waals surface area contributed by atoms with Gasteiger partial charge in [0.1, 0.15) is 11.5 Å². The molecule has 3 rings (SSSR count). The van der Waals surface area contributed by atoms with Gasteiger partial charge in [-0.05, 0) is 24.4 Å². The fraction of sp³-hybridized carbons (Fsp3) is 0.273. The maximum Gasteiger partial charge on any atom is 0.250 e. The highest BCUT2D eigenvalue weighted by Gasteiger charge is 2.31. The van der Waals surface area contributed by atoms with Crippen molar-refractivity contribution in [3.63, 3.8) is 0 Å². The Hall–Kier alpha value is -2.42. The lowest BCUT2D eigenvalue weighted by Gasteiger charge is -2.29. The van der Waals surface area contributed by atoms with Gasteiger partial charge in [-0.2, -0.15) is 5.10 Å². The molecule has 8 nitrogen and oxygen atoms in total. The zero-order valence-corrected chi connectivity index (χ0v) is 11.6. The van der Waals surface area contributed by atoms with Crippen molar-refractivity contribution in [2.24, 2.45) is 15.3 Å². The zero-order valence-electron chi connectivity index (χ0n) is 10.8. The molecule has 2 N–H and O–H groups in total. The van der Waals surface area contributed by atoms with E-state index < -0.39 is 6.29 Å². The summed E-state index contributed by atoms with van der Waals surface area (Å²) in [5.74, 6) is 1.92. The molecule has 104 valence electrons. The number of hydrazone groups is 1. The largest absolute Gasteiger partial charge is 0.497 e. The molecular weight excluding hydrogens is 280 g/mol. The minimum Gasteiger partial charge on any atom is -0.497 e. The topological polar surface area (TPSA) is 82.8 Å². The van der Waals surface area contributed by atoms with E-state index in [1.54, 1.807) is 25.3 Å². The summed E-state index contributed by atoms with van der Waals surface area (Å²) in [7, 11) is 3.19. The summed E-state index contributed by atoms with van der Waals surface area (Å²) in [6.45, 7) is 0. The normalized spacial score (nSPS) is 19.9. The summed E-state index contributed by atoms with van der Waals surface area (Å²) in [4.78, 5) is 0. The Balaban J connectivity index is 1.92. The molecule has 1 aromatic carbocycles. The molecule has 1 aromatic rings. The molecule has 0 radical (unpaired) electrons. The molecule has 1 unspecified atom stereocenters. The van der Waals surface area contributed by atoms with Crippen molar-refractivity contribution in [1.29, 1.82) is 0 Å². The van der Waals surface area contributed by atoms with E-state index in [1.807, 2.05) is 12.1 Å². The van der Waals surface area contributed by atoms with Crippen molar-refractivity contribution in [2.45, 2.75) is 6.29 Å². The molecule has 2 aliphatic rings. The van der Waals surface area contributed by atoms with E-state index in [-0.39, 0.29) is 0 Å². The van der Waals surface area contributed by atoms with Gasteiger partial charge in [0.15, 0.2) is 5.84 Å². The number of thiocarbonyl (C=S) groups is 1. The lowest BCUT2D eigenvalue weighted by molar-refractivity contribution is 0.242. The third-order valence-corrected chi connectivity index (χ3v) is 3.12. The van der Waals surface area contributed by atoms with Gasteiger partial charge in [0.05, 0.1) is 14.2 Å². The van der Waals surface area contributed by atoms with Gasteiger partial charge in [-0.15, -0.1) is 10.2 Å². The van der Waals surface area contributed by atoms with Gasteiger partial charge in [-0.3, -0.25) is 10.9 Å². The number of hydrogen-bond donors (Lipinski definition) is 2. The number of fused-ring (bicyclic) bond motifs is 1. The van der Waals surface area contributed by atoms with Crippen LogP contribution in [0, 0.1) is 0 Å². The number of rotatable bonds is 3. The molecule has 9 heteroatoms. The molecule has 0 aromatic heterocycles. The van der Waals surface area contributed by atoms with E-state index in [1.165, 1.54) is 0 Å². The van der Waals surface area contributed by atoms with Gasteiger partial charge in [0, 0.05) is 11.6 Å². The van der Waals surface area contributed by atoms with Gasteiger partial charge in [-0.1, -0.05) is 0 Å². The number of ether oxygens (including phenoxy) is 2. The van der Waals surface area contributed by atoms with E-state index in [2.05, 4.69) is 26.2 Å². The predicted octanol–water partition coefficient (Wildman–Crippen LogP) is 0.809. The van der Waals surface area contributed by atoms with E-state index in [0.717, 1.165) is 5.56 Å². The molecule has 0 bridgehead atoms. The van der Waals surface area contributed by atoms with Gasteiger partial charge in [0.2, 0.25) is 5.11 Å². The number of nitrogens with zero attached hydrogens (tertiary/aromatic N) is 4. The third kappa shape index (κ3) is 2.11. The summed E-state index contributed by atoms with van der Waals surface area (Å²) in [6.07, 6.45) is -0.404. The lowest BCUT2D eigenvalue weighted by atomic mass is 10.2. The highest BCUT2D eigenvalue weighted by molar-refractivity contribution is 7.80. The molecule has 0 saturated carbocycles. The molecular formula is C11H12N6O2S. The second-order valence-corrected chi connectivity index (χ2v) is 4.41. The van der Waals surface area contributed by atoms with Crippen molar-refractivity contribution in [3.05, 3.63) is 23.8 Å². The standard InChI is InChI=1S/C11H12N6O2S/c1-18-7-3-6(4-8(5-7)19-2)9-12-13-10-14-15-11(20)17(10)16-9/h3-5,10,13H,1-2H3,(H,12,16). The first-order valence-electron chi connectivity index (χ1n) is 5.78. The van der Waals surface area contributed by atoms with Gasteiger partial charge >= 0.3 is 0 Å². The van der Waals surface area contributed by atoms with Crippen molar-refractivity contribution in [2.75, 3.05) is 14.2 Å². The minimum absolute atomic E-state index is 0.352. The summed E-state index contributed by atoms with van der Waals surface area (Å²) in [6, 6.07) is 5.46. The minimum atomic E-state index is -0.404. The van der Waals surface area contributed by atoms with Crippen LogP contribution in [0.15, 0.2) is 33.5 Å². The summed E-state index contributed by atoms with van der Waals surface area (Å²) in [5.41, 5.74) is 6.72. The number of nitrogens with one attached hydrogen (secondary N) is 2. The highest BCUT2D eigenvalue weighted by Crippen LogP contribution is 2.23. The lowest BCUT2D eigenvalue weighted by Crippen LogP contribution is -2.56. The van der Waals surface area contributed by atoms with Crippen LogP contribution >= 0.6 is 12.2 Å². The molecule has 2 aliphatic heterocycles. The second kappa shape index (κ2) is 4.93. The van der Waals surface area contributed by atoms with Crippen LogP contribution in [0.5, 0.6) is 11.5 Å². The first kappa shape index (κ1) is 12.6. The fourth-order valence-electron chi connectivity index (χ4n) is 1.84. The average molecular weight is 292 g/mol.